The van der Waals surface area contributed by atoms with Gasteiger partial charge in [-0.1, -0.05) is 36.8 Å². The maximum atomic E-state index is 13.3. The fourth-order valence-corrected chi connectivity index (χ4v) is 3.56. The van der Waals surface area contributed by atoms with Crippen molar-refractivity contribution in [3.63, 3.8) is 0 Å². The van der Waals surface area contributed by atoms with Gasteiger partial charge in [0, 0.05) is 24.4 Å². The van der Waals surface area contributed by atoms with Crippen molar-refractivity contribution in [3.05, 3.63) is 110 Å². The first-order valence-corrected chi connectivity index (χ1v) is 11.8. The largest absolute Gasteiger partial charge is 0.481 e. The van der Waals surface area contributed by atoms with E-state index in [0.29, 0.717) is 22.9 Å². The second-order valence-electron chi connectivity index (χ2n) is 8.80. The Kier molecular flexibility index (Phi) is 7.95. The van der Waals surface area contributed by atoms with Crippen molar-refractivity contribution < 1.29 is 19.0 Å². The highest BCUT2D eigenvalue weighted by molar-refractivity contribution is 5.69. The molecular weight excluding hydrogens is 493 g/mol. The van der Waals surface area contributed by atoms with Crippen LogP contribution in [0.25, 0.3) is 0 Å². The Morgan fingerprint density at radius 1 is 1.05 bits per heavy atom. The number of pyridine rings is 1. The second-order valence-corrected chi connectivity index (χ2v) is 8.80. The number of hydrogen-bond donors (Lipinski definition) is 2. The summed E-state index contributed by atoms with van der Waals surface area (Å²) in [5.41, 5.74) is 1.30. The van der Waals surface area contributed by atoms with Gasteiger partial charge in [-0.15, -0.1) is 0 Å². The summed E-state index contributed by atoms with van der Waals surface area (Å²) in [4.78, 5) is 48.5. The van der Waals surface area contributed by atoms with Gasteiger partial charge in [-0.25, -0.2) is 28.5 Å². The fraction of sp³-hybridized carbons (Fsp3) is 0.222. The number of aliphatic carboxylic acids is 1. The quantitative estimate of drug-likeness (QED) is 0.349. The van der Waals surface area contributed by atoms with E-state index in [0.717, 1.165) is 15.7 Å². The highest BCUT2D eigenvalue weighted by atomic mass is 19.1. The van der Waals surface area contributed by atoms with Crippen LogP contribution >= 0.6 is 0 Å². The van der Waals surface area contributed by atoms with E-state index in [2.05, 4.69) is 15.0 Å². The van der Waals surface area contributed by atoms with E-state index in [1.165, 1.54) is 17.7 Å². The Morgan fingerprint density at radius 2 is 1.74 bits per heavy atom. The number of rotatable bonds is 9. The molecule has 0 aliphatic rings. The molecule has 0 aliphatic carbocycles. The van der Waals surface area contributed by atoms with Gasteiger partial charge in [-0.05, 0) is 42.8 Å². The summed E-state index contributed by atoms with van der Waals surface area (Å²) in [6.45, 7) is 2.58. The van der Waals surface area contributed by atoms with Gasteiger partial charge in [-0.3, -0.25) is 14.3 Å². The number of aromatic nitrogens is 4. The zero-order valence-electron chi connectivity index (χ0n) is 20.8. The molecule has 11 heteroatoms. The lowest BCUT2D eigenvalue weighted by Crippen LogP contribution is -2.51. The number of H-pyrrole nitrogens is 1. The van der Waals surface area contributed by atoms with Crippen molar-refractivity contribution in [2.45, 2.75) is 33.6 Å². The lowest BCUT2D eigenvalue weighted by molar-refractivity contribution is -0.141. The van der Waals surface area contributed by atoms with Gasteiger partial charge in [0.05, 0.1) is 18.2 Å². The van der Waals surface area contributed by atoms with Gasteiger partial charge in [-0.2, -0.15) is 0 Å². The number of nitrogens with one attached hydrogen (secondary N) is 1. The van der Waals surface area contributed by atoms with Crippen molar-refractivity contribution >= 4 is 11.7 Å². The van der Waals surface area contributed by atoms with Gasteiger partial charge < -0.3 is 9.84 Å². The summed E-state index contributed by atoms with van der Waals surface area (Å²) in [6.07, 6.45) is 1.39. The van der Waals surface area contributed by atoms with Crippen LogP contribution in [0.4, 0.5) is 10.1 Å². The van der Waals surface area contributed by atoms with Crippen molar-refractivity contribution in [2.75, 3.05) is 0 Å². The maximum absolute atomic E-state index is 13.3. The van der Waals surface area contributed by atoms with E-state index in [-0.39, 0.29) is 18.7 Å². The van der Waals surface area contributed by atoms with Crippen LogP contribution in [0.15, 0.2) is 81.4 Å². The number of aryl methyl sites for hydroxylation is 1. The molecule has 2 N–H and O–H groups in total. The van der Waals surface area contributed by atoms with Crippen LogP contribution < -0.4 is 21.7 Å². The van der Waals surface area contributed by atoms with Gasteiger partial charge in [0.1, 0.15) is 12.4 Å². The monoisotopic (exact) mass is 519 g/mol. The van der Waals surface area contributed by atoms with E-state index >= 15 is 0 Å². The van der Waals surface area contributed by atoms with Crippen molar-refractivity contribution in [1.82, 2.24) is 19.1 Å². The van der Waals surface area contributed by atoms with Crippen molar-refractivity contribution in [3.8, 4) is 11.6 Å². The molecule has 0 saturated carbocycles. The van der Waals surface area contributed by atoms with Gasteiger partial charge in [0.2, 0.25) is 11.5 Å². The summed E-state index contributed by atoms with van der Waals surface area (Å²) < 4.78 is 20.5. The van der Waals surface area contributed by atoms with Crippen LogP contribution in [0.2, 0.25) is 0 Å². The maximum Gasteiger partial charge on any atom is 0.335 e. The number of alkyl halides is 1. The van der Waals surface area contributed by atoms with E-state index in [9.17, 15) is 23.9 Å². The van der Waals surface area contributed by atoms with E-state index in [1.54, 1.807) is 36.4 Å². The molecule has 0 unspecified atom stereocenters. The first kappa shape index (κ1) is 26.3. The third-order valence-corrected chi connectivity index (χ3v) is 5.77. The third kappa shape index (κ3) is 6.30. The van der Waals surface area contributed by atoms with Crippen LogP contribution in [-0.2, 0) is 24.6 Å². The minimum absolute atomic E-state index is 0.0111. The molecule has 0 radical (unpaired) electrons. The zero-order chi connectivity index (χ0) is 27.2. The Balaban J connectivity index is 1.71. The average Bonchev–Trinajstić information content (AvgIpc) is 2.91. The number of carbonyl (C=O) groups is 1. The Morgan fingerprint density at radius 3 is 2.34 bits per heavy atom. The molecule has 0 fully saturated rings. The Hall–Kier alpha value is -4.80. The van der Waals surface area contributed by atoms with E-state index in [1.807, 2.05) is 31.2 Å². The smallest absolute Gasteiger partial charge is 0.335 e. The summed E-state index contributed by atoms with van der Waals surface area (Å²) in [7, 11) is 0. The predicted octanol–water partition coefficient (Wildman–Crippen LogP) is 3.30. The molecule has 4 aromatic rings. The second kappa shape index (κ2) is 11.5. The third-order valence-electron chi connectivity index (χ3n) is 5.77. The fourth-order valence-electron chi connectivity index (χ4n) is 3.56. The minimum atomic E-state index is -1.12. The molecule has 0 amide bonds. The molecule has 2 aromatic heterocycles. The molecular formula is C27H26FN5O5. The van der Waals surface area contributed by atoms with Crippen molar-refractivity contribution in [1.29, 1.82) is 0 Å². The number of halogens is 1. The first-order chi connectivity index (χ1) is 18.2. The highest BCUT2D eigenvalue weighted by Crippen LogP contribution is 2.22. The van der Waals surface area contributed by atoms with Crippen molar-refractivity contribution in [2.24, 2.45) is 10.9 Å². The number of hydrogen-bond acceptors (Lipinski definition) is 6. The SMILES string of the molecule is Cc1ccc(Cn2c(=O)n(C[C@H](C)C(=O)O)c(=O)[nH]/c2=N\c2ccc(Oc3ccc(CF)cn3)cc2)cc1. The Bertz CT molecular complexity index is 1600. The average molecular weight is 520 g/mol. The minimum Gasteiger partial charge on any atom is -0.481 e. The topological polar surface area (TPSA) is 132 Å². The highest BCUT2D eigenvalue weighted by Gasteiger charge is 2.17. The number of aromatic amines is 1. The molecule has 0 spiro atoms. The molecule has 38 heavy (non-hydrogen) atoms. The lowest BCUT2D eigenvalue weighted by atomic mass is 10.1. The number of benzene rings is 2. The van der Waals surface area contributed by atoms with Crippen LogP contribution in [0.5, 0.6) is 11.6 Å². The van der Waals surface area contributed by atoms with E-state index in [4.69, 9.17) is 4.74 Å². The van der Waals surface area contributed by atoms with Crippen LogP contribution in [0, 0.1) is 12.8 Å². The van der Waals surface area contributed by atoms with Gasteiger partial charge >= 0.3 is 17.3 Å². The van der Waals surface area contributed by atoms with Gasteiger partial charge in [0.15, 0.2) is 0 Å². The molecule has 196 valence electrons. The summed E-state index contributed by atoms with van der Waals surface area (Å²) >= 11 is 0. The first-order valence-electron chi connectivity index (χ1n) is 11.8. The number of carboxylic acid groups (broad SMARTS) is 1. The molecule has 2 aromatic carbocycles. The molecule has 10 nitrogen and oxygen atoms in total. The molecule has 4 rings (SSSR count). The van der Waals surface area contributed by atoms with Crippen LogP contribution in [0.1, 0.15) is 23.6 Å². The van der Waals surface area contributed by atoms with E-state index < -0.39 is 29.9 Å². The summed E-state index contributed by atoms with van der Waals surface area (Å²) in [5.74, 6) is -1.31. The number of carboxylic acids is 1. The molecule has 0 bridgehead atoms. The lowest BCUT2D eigenvalue weighted by Gasteiger charge is -2.13. The molecule has 1 atom stereocenters. The zero-order valence-corrected chi connectivity index (χ0v) is 20.8. The normalized spacial score (nSPS) is 12.3. The summed E-state index contributed by atoms with van der Waals surface area (Å²) in [5, 5.41) is 9.26. The molecule has 2 heterocycles. The molecule has 0 aliphatic heterocycles. The van der Waals surface area contributed by atoms with Gasteiger partial charge in [0.25, 0.3) is 0 Å². The standard InChI is InChI=1S/C27H26FN5O5/c1-17-3-5-19(6-4-17)16-32-25(31-26(36)33(27(32)37)15-18(2)24(34)35)30-21-8-10-22(11-9-21)38-23-12-7-20(13-28)14-29-23/h3-12,14,18H,13,15-16H2,1-2H3,(H,34,35)(H,30,31,36)/t18-/m0/s1. The number of ether oxygens (including phenoxy) is 1. The Labute approximate surface area is 216 Å². The van der Waals surface area contributed by atoms with Crippen LogP contribution in [-0.4, -0.2) is 30.2 Å². The predicted molar refractivity (Wildman–Crippen MR) is 137 cm³/mol. The molecule has 0 saturated heterocycles. The summed E-state index contributed by atoms with van der Waals surface area (Å²) in [6, 6.07) is 17.2. The number of nitrogens with zero attached hydrogens (tertiary/aromatic N) is 4. The van der Waals surface area contributed by atoms with Crippen LogP contribution in [0.3, 0.4) is 0 Å².